The number of primary sulfonamides is 1. The zero-order valence-electron chi connectivity index (χ0n) is 18.7. The Kier molecular flexibility index (Phi) is 7.64. The summed E-state index contributed by atoms with van der Waals surface area (Å²) < 4.78 is 24.9. The summed E-state index contributed by atoms with van der Waals surface area (Å²) in [5.41, 5.74) is 3.43. The number of hydrogen-bond donors (Lipinski definition) is 3. The smallest absolute Gasteiger partial charge is 1.00 e. The number of hydrogen-bond acceptors (Lipinski definition) is 7. The molecule has 32 heavy (non-hydrogen) atoms. The van der Waals surface area contributed by atoms with Crippen molar-refractivity contribution in [1.29, 1.82) is 0 Å². The number of aromatic nitrogens is 4. The molecule has 0 amide bonds. The first-order valence-electron chi connectivity index (χ1n) is 9.45. The molecule has 0 aliphatic rings. The third-order valence-electron chi connectivity index (χ3n) is 4.82. The van der Waals surface area contributed by atoms with E-state index in [1.807, 2.05) is 60.7 Å². The van der Waals surface area contributed by atoms with Crippen LogP contribution in [0.5, 0.6) is 0 Å². The Labute approximate surface area is 209 Å². The van der Waals surface area contributed by atoms with Gasteiger partial charge >= 0.3 is 29.6 Å². The number of sulfonamides is 1. The average Bonchev–Trinajstić information content (AvgIpc) is 3.32. The molecule has 9 nitrogen and oxygen atoms in total. The molecule has 4 aromatic rings. The Morgan fingerprint density at radius 1 is 1.06 bits per heavy atom. The normalized spacial score (nSPS) is 10.9. The minimum atomic E-state index is -4.04. The van der Waals surface area contributed by atoms with Gasteiger partial charge in [0.25, 0.3) is 0 Å². The Hall–Kier alpha value is -2.76. The fourth-order valence-electron chi connectivity index (χ4n) is 3.25. The summed E-state index contributed by atoms with van der Waals surface area (Å²) in [7, 11) is -2.25. The molecule has 160 valence electrons. The van der Waals surface area contributed by atoms with Crippen LogP contribution >= 0.6 is 0 Å². The van der Waals surface area contributed by atoms with Crippen molar-refractivity contribution >= 4 is 27.1 Å². The van der Waals surface area contributed by atoms with E-state index in [-0.39, 0.29) is 41.7 Å². The quantitative estimate of drug-likeness (QED) is 0.332. The van der Waals surface area contributed by atoms with Gasteiger partial charge in [-0.1, -0.05) is 48.5 Å². The van der Waals surface area contributed by atoms with Crippen LogP contribution < -0.4 is 44.9 Å². The molecule has 0 atom stereocenters. The predicted octanol–water partition coefficient (Wildman–Crippen LogP) is 0.0106. The van der Waals surface area contributed by atoms with E-state index in [1.54, 1.807) is 18.0 Å². The minimum Gasteiger partial charge on any atom is -1.00 e. The Morgan fingerprint density at radius 2 is 1.72 bits per heavy atom. The van der Waals surface area contributed by atoms with Crippen LogP contribution in [0.3, 0.4) is 0 Å². The number of nitrogens with two attached hydrogens (primary N) is 1. The van der Waals surface area contributed by atoms with E-state index in [4.69, 9.17) is 5.14 Å². The van der Waals surface area contributed by atoms with Gasteiger partial charge < -0.3 is 11.6 Å². The third-order valence-corrected chi connectivity index (χ3v) is 5.76. The van der Waals surface area contributed by atoms with Gasteiger partial charge in [-0.05, 0) is 35.0 Å². The Morgan fingerprint density at radius 3 is 2.31 bits per heavy atom. The van der Waals surface area contributed by atoms with E-state index in [0.29, 0.717) is 23.5 Å². The Balaban J connectivity index is 0.00000193. The second kappa shape index (κ2) is 10.2. The summed E-state index contributed by atoms with van der Waals surface area (Å²) in [6, 6.07) is 22.5. The molecule has 1 heterocycles. The monoisotopic (exact) mass is 459 g/mol. The van der Waals surface area contributed by atoms with Gasteiger partial charge in [-0.3, -0.25) is 0 Å². The third kappa shape index (κ3) is 5.34. The number of benzene rings is 3. The number of aromatic amines is 1. The number of nitrogens with zero attached hydrogens (tertiary/aromatic N) is 4. The van der Waals surface area contributed by atoms with E-state index in [9.17, 15) is 8.42 Å². The van der Waals surface area contributed by atoms with Crippen LogP contribution in [0.4, 0.5) is 17.1 Å². The standard InChI is InChI=1S/C21H21N7O2S.Na.H/c1-28(16-10-6-3-7-11-16)19-13-18(23-14-15-8-4-2-5-9-15)17(21-24-26-27-25-21)12-20(19)31(22,29)30;;/h2-13,23H,14H2,1H3,(H2,22,29,30)(H,24,25,26,27);;/q;+1;-1. The summed E-state index contributed by atoms with van der Waals surface area (Å²) in [6.07, 6.45) is 0. The van der Waals surface area contributed by atoms with Crippen molar-refractivity contribution in [3.63, 3.8) is 0 Å². The van der Waals surface area contributed by atoms with Crippen LogP contribution in [0.1, 0.15) is 6.99 Å². The van der Waals surface area contributed by atoms with Crippen molar-refractivity contribution in [3.05, 3.63) is 78.4 Å². The molecule has 4 rings (SSSR count). The molecule has 0 saturated carbocycles. The molecule has 0 aliphatic heterocycles. The van der Waals surface area contributed by atoms with Gasteiger partial charge in [0.15, 0.2) is 0 Å². The Bertz CT molecular complexity index is 1270. The van der Waals surface area contributed by atoms with Gasteiger partial charge in [0.2, 0.25) is 15.8 Å². The molecule has 0 bridgehead atoms. The van der Waals surface area contributed by atoms with Crippen LogP contribution in [0.25, 0.3) is 11.4 Å². The number of tetrazole rings is 1. The molecule has 0 fully saturated rings. The number of anilines is 3. The number of para-hydroxylation sites is 1. The molecule has 4 N–H and O–H groups in total. The van der Waals surface area contributed by atoms with Gasteiger partial charge in [-0.2, -0.15) is 5.21 Å². The number of rotatable bonds is 7. The molecule has 11 heteroatoms. The van der Waals surface area contributed by atoms with Gasteiger partial charge in [0.05, 0.1) is 5.69 Å². The van der Waals surface area contributed by atoms with Crippen LogP contribution in [0.15, 0.2) is 77.7 Å². The minimum absolute atomic E-state index is 0. The number of nitrogens with one attached hydrogen (secondary N) is 2. The van der Waals surface area contributed by atoms with E-state index < -0.39 is 10.0 Å². The van der Waals surface area contributed by atoms with Gasteiger partial charge in [0, 0.05) is 30.5 Å². The second-order valence-corrected chi connectivity index (χ2v) is 8.41. The first-order chi connectivity index (χ1) is 14.9. The first-order valence-corrected chi connectivity index (χ1v) is 11.0. The zero-order valence-corrected chi connectivity index (χ0v) is 20.5. The summed E-state index contributed by atoms with van der Waals surface area (Å²) in [5.74, 6) is 0.259. The van der Waals surface area contributed by atoms with Crippen molar-refractivity contribution < 1.29 is 39.4 Å². The largest absolute Gasteiger partial charge is 1.00 e. The first kappa shape index (κ1) is 23.9. The summed E-state index contributed by atoms with van der Waals surface area (Å²) in [5, 5.41) is 23.0. The fourth-order valence-corrected chi connectivity index (χ4v) is 4.02. The SMILES string of the molecule is CN(c1ccccc1)c1cc(NCc2ccccc2)c(-c2nn[nH]n2)cc1S(N)(=O)=O.[H-].[Na+]. The van der Waals surface area contributed by atoms with E-state index in [2.05, 4.69) is 25.9 Å². The molecule has 0 radical (unpaired) electrons. The molecule has 1 aromatic heterocycles. The molecule has 0 spiro atoms. The number of H-pyrrole nitrogens is 1. The van der Waals surface area contributed by atoms with Crippen molar-refractivity contribution in [2.75, 3.05) is 17.3 Å². The van der Waals surface area contributed by atoms with Crippen molar-refractivity contribution in [1.82, 2.24) is 20.6 Å². The van der Waals surface area contributed by atoms with Crippen molar-refractivity contribution in [3.8, 4) is 11.4 Å². The maximum Gasteiger partial charge on any atom is 1.00 e. The topological polar surface area (TPSA) is 130 Å². The van der Waals surface area contributed by atoms with Crippen LogP contribution in [-0.4, -0.2) is 36.1 Å². The maximum absolute atomic E-state index is 12.5. The van der Waals surface area contributed by atoms with E-state index in [0.717, 1.165) is 11.3 Å². The molecular formula is C21H22N7NaO2S. The second-order valence-electron chi connectivity index (χ2n) is 6.88. The summed E-state index contributed by atoms with van der Waals surface area (Å²) in [4.78, 5) is 1.73. The van der Waals surface area contributed by atoms with Crippen LogP contribution in [0, 0.1) is 0 Å². The predicted molar refractivity (Wildman–Crippen MR) is 120 cm³/mol. The van der Waals surface area contributed by atoms with Crippen molar-refractivity contribution in [2.45, 2.75) is 11.4 Å². The molecule has 3 aromatic carbocycles. The molecule has 0 saturated heterocycles. The maximum atomic E-state index is 12.5. The van der Waals surface area contributed by atoms with Crippen LogP contribution in [-0.2, 0) is 16.6 Å². The summed E-state index contributed by atoms with van der Waals surface area (Å²) >= 11 is 0. The van der Waals surface area contributed by atoms with Gasteiger partial charge in [-0.15, -0.1) is 10.2 Å². The van der Waals surface area contributed by atoms with Gasteiger partial charge in [0.1, 0.15) is 4.90 Å². The molecule has 0 aliphatic carbocycles. The van der Waals surface area contributed by atoms with E-state index >= 15 is 0 Å². The van der Waals surface area contributed by atoms with Crippen LogP contribution in [0.2, 0.25) is 0 Å². The van der Waals surface area contributed by atoms with Crippen molar-refractivity contribution in [2.24, 2.45) is 5.14 Å². The molecule has 0 unspecified atom stereocenters. The summed E-state index contributed by atoms with van der Waals surface area (Å²) in [6.45, 7) is 0.523. The van der Waals surface area contributed by atoms with E-state index in [1.165, 1.54) is 6.07 Å². The average molecular weight is 460 g/mol. The fraction of sp³-hybridized carbons (Fsp3) is 0.0952. The van der Waals surface area contributed by atoms with Gasteiger partial charge in [-0.25, -0.2) is 13.6 Å². The zero-order chi connectivity index (χ0) is 21.8. The molecular weight excluding hydrogens is 437 g/mol.